The molecule has 0 saturated heterocycles. The summed E-state index contributed by atoms with van der Waals surface area (Å²) in [6.07, 6.45) is 3.91. The van der Waals surface area contributed by atoms with Crippen LogP contribution in [0.5, 0.6) is 0 Å². The van der Waals surface area contributed by atoms with E-state index < -0.39 is 0 Å². The summed E-state index contributed by atoms with van der Waals surface area (Å²) < 4.78 is 3.01. The van der Waals surface area contributed by atoms with E-state index in [1.165, 1.54) is 15.6 Å². The first kappa shape index (κ1) is 15.0. The number of hydrogen-bond donors (Lipinski definition) is 0. The second kappa shape index (κ2) is 5.83. The van der Waals surface area contributed by atoms with Crippen molar-refractivity contribution in [3.63, 3.8) is 0 Å². The van der Waals surface area contributed by atoms with Gasteiger partial charge < -0.3 is 0 Å². The van der Waals surface area contributed by atoms with E-state index >= 15 is 0 Å². The molecule has 0 spiro atoms. The summed E-state index contributed by atoms with van der Waals surface area (Å²) in [6, 6.07) is 14.8. The fourth-order valence-electron chi connectivity index (χ4n) is 2.90. The maximum absolute atomic E-state index is 12.7. The highest BCUT2D eigenvalue weighted by molar-refractivity contribution is 5.87. The van der Waals surface area contributed by atoms with Crippen molar-refractivity contribution >= 4 is 17.3 Å². The number of hydrogen-bond acceptors (Lipinski definition) is 4. The number of benzene rings is 2. The molecule has 6 nitrogen and oxygen atoms in total. The molecule has 0 fully saturated rings. The van der Waals surface area contributed by atoms with Gasteiger partial charge in [0.2, 0.25) is 0 Å². The molecule has 4 rings (SSSR count). The van der Waals surface area contributed by atoms with Crippen LogP contribution in [0.2, 0.25) is 0 Å². The molecule has 25 heavy (non-hydrogen) atoms. The van der Waals surface area contributed by atoms with Crippen LogP contribution in [0.25, 0.3) is 27.8 Å². The summed E-state index contributed by atoms with van der Waals surface area (Å²) in [5.41, 5.74) is 3.95. The van der Waals surface area contributed by atoms with E-state index in [4.69, 9.17) is 0 Å². The van der Waals surface area contributed by atoms with Crippen molar-refractivity contribution in [2.45, 2.75) is 0 Å². The standard InChI is InChI=1S/C19H14N4O2/c1-22-18-17(10-21-22)20-12-23(19(18)25)15-8-6-13(7-9-15)16-5-3-2-4-14(16)11-24/h2-12H,1H3. The Labute approximate surface area is 143 Å². The summed E-state index contributed by atoms with van der Waals surface area (Å²) in [7, 11) is 1.72. The van der Waals surface area contributed by atoms with Crippen molar-refractivity contribution < 1.29 is 4.79 Å². The molecule has 0 amide bonds. The summed E-state index contributed by atoms with van der Waals surface area (Å²) in [6.45, 7) is 0. The quantitative estimate of drug-likeness (QED) is 0.541. The Hall–Kier alpha value is -3.54. The first-order valence-corrected chi connectivity index (χ1v) is 7.73. The Bertz CT molecular complexity index is 1140. The molecule has 0 aliphatic rings. The number of rotatable bonds is 3. The van der Waals surface area contributed by atoms with Crippen LogP contribution in [-0.2, 0) is 7.05 Å². The third-order valence-corrected chi connectivity index (χ3v) is 4.20. The molecule has 0 N–H and O–H groups in total. The van der Waals surface area contributed by atoms with Gasteiger partial charge in [0.15, 0.2) is 11.8 Å². The lowest BCUT2D eigenvalue weighted by Crippen LogP contribution is -2.20. The van der Waals surface area contributed by atoms with Crippen molar-refractivity contribution in [2.75, 3.05) is 0 Å². The Morgan fingerprint density at radius 1 is 1.04 bits per heavy atom. The molecule has 0 bridgehead atoms. The summed E-state index contributed by atoms with van der Waals surface area (Å²) in [5.74, 6) is 0. The fourth-order valence-corrected chi connectivity index (χ4v) is 2.90. The van der Waals surface area contributed by atoms with Crippen LogP contribution >= 0.6 is 0 Å². The Morgan fingerprint density at radius 2 is 1.80 bits per heavy atom. The van der Waals surface area contributed by atoms with Crippen LogP contribution in [0.3, 0.4) is 0 Å². The smallest absolute Gasteiger partial charge is 0.284 e. The molecule has 2 aromatic heterocycles. The van der Waals surface area contributed by atoms with Gasteiger partial charge in [0.05, 0.1) is 11.9 Å². The highest BCUT2D eigenvalue weighted by Gasteiger charge is 2.10. The SMILES string of the molecule is Cn1ncc2ncn(-c3ccc(-c4ccccc4C=O)cc3)c(=O)c21. The van der Waals surface area contributed by atoms with Gasteiger partial charge in [0.25, 0.3) is 5.56 Å². The number of aldehydes is 1. The van der Waals surface area contributed by atoms with Crippen LogP contribution in [-0.4, -0.2) is 25.6 Å². The van der Waals surface area contributed by atoms with Crippen LogP contribution in [0.4, 0.5) is 0 Å². The van der Waals surface area contributed by atoms with E-state index in [2.05, 4.69) is 10.1 Å². The van der Waals surface area contributed by atoms with Gasteiger partial charge in [-0.05, 0) is 23.3 Å². The van der Waals surface area contributed by atoms with E-state index in [1.807, 2.05) is 42.5 Å². The second-order valence-electron chi connectivity index (χ2n) is 5.67. The number of carbonyl (C=O) groups excluding carboxylic acids is 1. The minimum atomic E-state index is -0.175. The van der Waals surface area contributed by atoms with E-state index in [9.17, 15) is 9.59 Å². The number of nitrogens with zero attached hydrogens (tertiary/aromatic N) is 4. The molecule has 0 aliphatic heterocycles. The van der Waals surface area contributed by atoms with E-state index in [0.717, 1.165) is 17.4 Å². The normalized spacial score (nSPS) is 10.9. The van der Waals surface area contributed by atoms with Crippen molar-refractivity contribution in [1.82, 2.24) is 19.3 Å². The third-order valence-electron chi connectivity index (χ3n) is 4.20. The summed E-state index contributed by atoms with van der Waals surface area (Å²) >= 11 is 0. The van der Waals surface area contributed by atoms with Gasteiger partial charge in [-0.25, -0.2) is 4.98 Å². The topological polar surface area (TPSA) is 69.8 Å². The molecule has 2 heterocycles. The predicted octanol–water partition coefficient (Wildman–Crippen LogP) is 2.60. The lowest BCUT2D eigenvalue weighted by atomic mass is 10.0. The maximum atomic E-state index is 12.7. The van der Waals surface area contributed by atoms with Crippen molar-refractivity contribution in [3.05, 3.63) is 77.0 Å². The maximum Gasteiger partial charge on any atom is 0.284 e. The van der Waals surface area contributed by atoms with Gasteiger partial charge in [-0.3, -0.25) is 18.8 Å². The van der Waals surface area contributed by atoms with Gasteiger partial charge in [-0.2, -0.15) is 5.10 Å². The molecule has 0 atom stereocenters. The zero-order valence-corrected chi connectivity index (χ0v) is 13.5. The largest absolute Gasteiger partial charge is 0.298 e. The van der Waals surface area contributed by atoms with Crippen LogP contribution in [0.15, 0.2) is 65.8 Å². The van der Waals surface area contributed by atoms with Gasteiger partial charge in [0.1, 0.15) is 11.8 Å². The first-order chi connectivity index (χ1) is 12.2. The molecule has 6 heteroatoms. The molecule has 4 aromatic rings. The van der Waals surface area contributed by atoms with Gasteiger partial charge in [-0.15, -0.1) is 0 Å². The van der Waals surface area contributed by atoms with Gasteiger partial charge in [0, 0.05) is 12.6 Å². The van der Waals surface area contributed by atoms with E-state index in [1.54, 1.807) is 19.3 Å². The summed E-state index contributed by atoms with van der Waals surface area (Å²) in [5, 5.41) is 4.07. The van der Waals surface area contributed by atoms with Gasteiger partial charge in [-0.1, -0.05) is 36.4 Å². The zero-order valence-electron chi connectivity index (χ0n) is 13.5. The summed E-state index contributed by atoms with van der Waals surface area (Å²) in [4.78, 5) is 28.2. The molecule has 2 aromatic carbocycles. The second-order valence-corrected chi connectivity index (χ2v) is 5.67. The highest BCUT2D eigenvalue weighted by atomic mass is 16.1. The van der Waals surface area contributed by atoms with Crippen molar-refractivity contribution in [1.29, 1.82) is 0 Å². The lowest BCUT2D eigenvalue weighted by Gasteiger charge is -2.08. The number of fused-ring (bicyclic) bond motifs is 1. The average molecular weight is 330 g/mol. The Kier molecular flexibility index (Phi) is 3.50. The van der Waals surface area contributed by atoms with Crippen molar-refractivity contribution in [2.24, 2.45) is 7.05 Å². The average Bonchev–Trinajstić information content (AvgIpc) is 3.04. The molecular formula is C19H14N4O2. The van der Waals surface area contributed by atoms with Crippen LogP contribution < -0.4 is 5.56 Å². The Balaban J connectivity index is 1.81. The Morgan fingerprint density at radius 3 is 2.56 bits per heavy atom. The minimum absolute atomic E-state index is 0.175. The third kappa shape index (κ3) is 2.44. The van der Waals surface area contributed by atoms with E-state index in [-0.39, 0.29) is 5.56 Å². The number of carbonyl (C=O) groups is 1. The highest BCUT2D eigenvalue weighted by Crippen LogP contribution is 2.23. The number of aryl methyl sites for hydroxylation is 1. The number of aromatic nitrogens is 4. The monoisotopic (exact) mass is 330 g/mol. The van der Waals surface area contributed by atoms with E-state index in [0.29, 0.717) is 22.3 Å². The molecule has 0 unspecified atom stereocenters. The predicted molar refractivity (Wildman–Crippen MR) is 94.9 cm³/mol. The van der Waals surface area contributed by atoms with Gasteiger partial charge >= 0.3 is 0 Å². The van der Waals surface area contributed by atoms with Crippen molar-refractivity contribution in [3.8, 4) is 16.8 Å². The first-order valence-electron chi connectivity index (χ1n) is 7.73. The molecule has 0 saturated carbocycles. The molecular weight excluding hydrogens is 316 g/mol. The van der Waals surface area contributed by atoms with Crippen LogP contribution in [0, 0.1) is 0 Å². The van der Waals surface area contributed by atoms with Crippen LogP contribution in [0.1, 0.15) is 10.4 Å². The molecule has 122 valence electrons. The minimum Gasteiger partial charge on any atom is -0.298 e. The molecule has 0 radical (unpaired) electrons. The fraction of sp³-hybridized carbons (Fsp3) is 0.0526. The molecule has 0 aliphatic carbocycles. The zero-order chi connectivity index (χ0) is 17.4. The lowest BCUT2D eigenvalue weighted by molar-refractivity contribution is 0.112.